The van der Waals surface area contributed by atoms with Crippen molar-refractivity contribution < 1.29 is 4.74 Å². The van der Waals surface area contributed by atoms with Gasteiger partial charge in [0.15, 0.2) is 5.11 Å². The molecule has 2 aromatic carbocycles. The fourth-order valence-electron chi connectivity index (χ4n) is 2.17. The Labute approximate surface area is 143 Å². The van der Waals surface area contributed by atoms with Crippen molar-refractivity contribution in [3.8, 4) is 27.6 Å². The molecule has 0 saturated heterocycles. The second-order valence-corrected chi connectivity index (χ2v) is 6.13. The van der Waals surface area contributed by atoms with Crippen molar-refractivity contribution in [3.63, 3.8) is 0 Å². The summed E-state index contributed by atoms with van der Waals surface area (Å²) in [5, 5.41) is 6.18. The van der Waals surface area contributed by atoms with Crippen LogP contribution >= 0.6 is 23.6 Å². The Hall–Kier alpha value is -2.44. The van der Waals surface area contributed by atoms with Gasteiger partial charge in [-0.15, -0.1) is 11.3 Å². The topological polar surface area (TPSA) is 60.2 Å². The van der Waals surface area contributed by atoms with Crippen LogP contribution in [0, 0.1) is 0 Å². The molecule has 3 N–H and O–H groups in total. The van der Waals surface area contributed by atoms with Crippen molar-refractivity contribution in [2.24, 2.45) is 5.73 Å². The molecule has 0 amide bonds. The van der Waals surface area contributed by atoms with Gasteiger partial charge in [-0.25, -0.2) is 4.98 Å². The molecule has 0 aliphatic carbocycles. The molecule has 3 rings (SSSR count). The van der Waals surface area contributed by atoms with E-state index in [2.05, 4.69) is 5.32 Å². The van der Waals surface area contributed by atoms with Gasteiger partial charge in [-0.3, -0.25) is 0 Å². The summed E-state index contributed by atoms with van der Waals surface area (Å²) in [7, 11) is 1.66. The molecule has 0 bridgehead atoms. The number of hydrogen-bond acceptors (Lipinski definition) is 4. The van der Waals surface area contributed by atoms with Crippen LogP contribution in [0.25, 0.3) is 21.8 Å². The highest BCUT2D eigenvalue weighted by Crippen LogP contribution is 2.30. The number of rotatable bonds is 4. The molecule has 1 aromatic heterocycles. The van der Waals surface area contributed by atoms with Crippen LogP contribution < -0.4 is 15.8 Å². The predicted octanol–water partition coefficient (Wildman–Crippen LogP) is 4.14. The van der Waals surface area contributed by atoms with Crippen molar-refractivity contribution in [2.75, 3.05) is 12.4 Å². The third-order valence-corrected chi connectivity index (χ3v) is 4.26. The minimum absolute atomic E-state index is 0.250. The van der Waals surface area contributed by atoms with Crippen LogP contribution in [0.5, 0.6) is 5.75 Å². The van der Waals surface area contributed by atoms with Crippen LogP contribution in [-0.4, -0.2) is 17.2 Å². The zero-order valence-corrected chi connectivity index (χ0v) is 14.1. The molecule has 0 spiro atoms. The first-order valence-corrected chi connectivity index (χ1v) is 8.21. The molecule has 0 unspecified atom stereocenters. The number of anilines is 1. The van der Waals surface area contributed by atoms with Crippen LogP contribution in [0.15, 0.2) is 53.9 Å². The van der Waals surface area contributed by atoms with Crippen molar-refractivity contribution in [2.45, 2.75) is 0 Å². The van der Waals surface area contributed by atoms with Crippen LogP contribution in [0.1, 0.15) is 0 Å². The Bertz CT molecular complexity index is 828. The first-order chi connectivity index (χ1) is 11.2. The number of thiocarbonyl (C=S) groups is 1. The molecule has 0 saturated carbocycles. The lowest BCUT2D eigenvalue weighted by atomic mass is 10.1. The number of aromatic nitrogens is 1. The number of ether oxygens (including phenoxy) is 1. The summed E-state index contributed by atoms with van der Waals surface area (Å²) in [6.45, 7) is 0. The fraction of sp³-hybridized carbons (Fsp3) is 0.0588. The molecule has 0 aliphatic rings. The van der Waals surface area contributed by atoms with E-state index in [-0.39, 0.29) is 5.11 Å². The molecular formula is C17H15N3OS2. The number of thiazole rings is 1. The van der Waals surface area contributed by atoms with E-state index in [0.29, 0.717) is 0 Å². The third kappa shape index (κ3) is 3.67. The van der Waals surface area contributed by atoms with Gasteiger partial charge in [0.1, 0.15) is 10.8 Å². The van der Waals surface area contributed by atoms with Gasteiger partial charge >= 0.3 is 0 Å². The van der Waals surface area contributed by atoms with E-state index in [9.17, 15) is 0 Å². The van der Waals surface area contributed by atoms with Gasteiger partial charge < -0.3 is 15.8 Å². The smallest absolute Gasteiger partial charge is 0.168 e. The summed E-state index contributed by atoms with van der Waals surface area (Å²) in [6.07, 6.45) is 0. The van der Waals surface area contributed by atoms with Crippen LogP contribution in [-0.2, 0) is 0 Å². The minimum Gasteiger partial charge on any atom is -0.497 e. The van der Waals surface area contributed by atoms with Crippen molar-refractivity contribution in [3.05, 3.63) is 53.9 Å². The zero-order chi connectivity index (χ0) is 16.2. The molecule has 3 aromatic rings. The Kier molecular flexibility index (Phi) is 4.55. The number of benzene rings is 2. The first-order valence-electron chi connectivity index (χ1n) is 6.92. The highest BCUT2D eigenvalue weighted by Gasteiger charge is 2.08. The van der Waals surface area contributed by atoms with E-state index in [1.54, 1.807) is 18.4 Å². The van der Waals surface area contributed by atoms with E-state index in [1.807, 2.05) is 53.9 Å². The number of nitrogens with two attached hydrogens (primary N) is 1. The summed E-state index contributed by atoms with van der Waals surface area (Å²) >= 11 is 6.47. The summed E-state index contributed by atoms with van der Waals surface area (Å²) < 4.78 is 5.18. The molecule has 0 atom stereocenters. The lowest BCUT2D eigenvalue weighted by Crippen LogP contribution is -2.18. The second kappa shape index (κ2) is 6.76. The Morgan fingerprint density at radius 2 is 1.96 bits per heavy atom. The van der Waals surface area contributed by atoms with Gasteiger partial charge in [0, 0.05) is 22.2 Å². The van der Waals surface area contributed by atoms with Crippen molar-refractivity contribution >= 4 is 34.4 Å². The van der Waals surface area contributed by atoms with E-state index in [4.69, 9.17) is 27.7 Å². The fourth-order valence-corrected chi connectivity index (χ4v) is 3.12. The standard InChI is InChI=1S/C17H15N3OS2/c1-21-14-7-5-11(6-8-14)15-10-23-16(20-15)12-3-2-4-13(9-12)19-17(18)22/h2-10H,1H3,(H3,18,19,22). The minimum atomic E-state index is 0.250. The van der Waals surface area contributed by atoms with E-state index >= 15 is 0 Å². The largest absolute Gasteiger partial charge is 0.497 e. The molecule has 4 nitrogen and oxygen atoms in total. The summed E-state index contributed by atoms with van der Waals surface area (Å²) in [5.74, 6) is 0.834. The normalized spacial score (nSPS) is 10.3. The second-order valence-electron chi connectivity index (χ2n) is 4.84. The molecule has 1 heterocycles. The van der Waals surface area contributed by atoms with E-state index in [1.165, 1.54) is 0 Å². The lowest BCUT2D eigenvalue weighted by molar-refractivity contribution is 0.415. The quantitative estimate of drug-likeness (QED) is 0.698. The van der Waals surface area contributed by atoms with Crippen LogP contribution in [0.2, 0.25) is 0 Å². The SMILES string of the molecule is COc1ccc(-c2csc(-c3cccc(NC(N)=S)c3)n2)cc1. The maximum Gasteiger partial charge on any atom is 0.168 e. The monoisotopic (exact) mass is 341 g/mol. The molecule has 23 heavy (non-hydrogen) atoms. The Morgan fingerprint density at radius 3 is 2.65 bits per heavy atom. The highest BCUT2D eigenvalue weighted by molar-refractivity contribution is 7.80. The van der Waals surface area contributed by atoms with Gasteiger partial charge in [-0.1, -0.05) is 12.1 Å². The van der Waals surface area contributed by atoms with Gasteiger partial charge in [-0.2, -0.15) is 0 Å². The Balaban J connectivity index is 1.87. The van der Waals surface area contributed by atoms with E-state index in [0.717, 1.165) is 33.3 Å². The molecular weight excluding hydrogens is 326 g/mol. The number of hydrogen-bond donors (Lipinski definition) is 2. The molecule has 0 radical (unpaired) electrons. The predicted molar refractivity (Wildman–Crippen MR) is 99.9 cm³/mol. The first kappa shape index (κ1) is 15.5. The van der Waals surface area contributed by atoms with Crippen molar-refractivity contribution in [1.82, 2.24) is 4.98 Å². The average molecular weight is 341 g/mol. The summed E-state index contributed by atoms with van der Waals surface area (Å²) in [5.41, 5.74) is 9.40. The maximum atomic E-state index is 5.51. The van der Waals surface area contributed by atoms with Gasteiger partial charge in [-0.05, 0) is 48.6 Å². The third-order valence-electron chi connectivity index (χ3n) is 3.27. The Morgan fingerprint density at radius 1 is 1.17 bits per heavy atom. The van der Waals surface area contributed by atoms with Crippen LogP contribution in [0.4, 0.5) is 5.69 Å². The average Bonchev–Trinajstić information content (AvgIpc) is 3.04. The zero-order valence-electron chi connectivity index (χ0n) is 12.4. The maximum absolute atomic E-state index is 5.51. The van der Waals surface area contributed by atoms with Gasteiger partial charge in [0.25, 0.3) is 0 Å². The van der Waals surface area contributed by atoms with E-state index < -0.39 is 0 Å². The van der Waals surface area contributed by atoms with Gasteiger partial charge in [0.2, 0.25) is 0 Å². The van der Waals surface area contributed by atoms with Crippen molar-refractivity contribution in [1.29, 1.82) is 0 Å². The number of nitrogens with zero attached hydrogens (tertiary/aromatic N) is 1. The van der Waals surface area contributed by atoms with Gasteiger partial charge in [0.05, 0.1) is 12.8 Å². The molecule has 0 aliphatic heterocycles. The van der Waals surface area contributed by atoms with Crippen LogP contribution in [0.3, 0.4) is 0 Å². The molecule has 116 valence electrons. The molecule has 0 fully saturated rings. The summed E-state index contributed by atoms with van der Waals surface area (Å²) in [6, 6.07) is 15.7. The highest BCUT2D eigenvalue weighted by atomic mass is 32.1. The molecule has 6 heteroatoms. The lowest BCUT2D eigenvalue weighted by Gasteiger charge is -2.05. The summed E-state index contributed by atoms with van der Waals surface area (Å²) in [4.78, 5) is 4.71. The number of methoxy groups -OCH3 is 1. The number of nitrogens with one attached hydrogen (secondary N) is 1.